The SMILES string of the molecule is CCCNC(c1cn[nH]n1)c1ccnn1CCC. The van der Waals surface area contributed by atoms with Gasteiger partial charge in [0.25, 0.3) is 0 Å². The number of rotatable bonds is 7. The Labute approximate surface area is 107 Å². The quantitative estimate of drug-likeness (QED) is 0.779. The zero-order valence-electron chi connectivity index (χ0n) is 10.9. The van der Waals surface area contributed by atoms with E-state index in [1.54, 1.807) is 6.20 Å². The van der Waals surface area contributed by atoms with Gasteiger partial charge in [0, 0.05) is 12.7 Å². The molecule has 18 heavy (non-hydrogen) atoms. The molecule has 2 heterocycles. The number of aromatic amines is 1. The third kappa shape index (κ3) is 2.76. The van der Waals surface area contributed by atoms with Crippen LogP contribution in [0.2, 0.25) is 0 Å². The molecule has 98 valence electrons. The van der Waals surface area contributed by atoms with Crippen LogP contribution in [0.5, 0.6) is 0 Å². The molecule has 6 heteroatoms. The molecule has 0 amide bonds. The molecule has 0 bridgehead atoms. The normalized spacial score (nSPS) is 12.8. The Morgan fingerprint density at radius 1 is 1.39 bits per heavy atom. The third-order valence-electron chi connectivity index (χ3n) is 2.81. The van der Waals surface area contributed by atoms with E-state index < -0.39 is 0 Å². The molecule has 0 fully saturated rings. The Hall–Kier alpha value is -1.69. The number of nitrogens with one attached hydrogen (secondary N) is 2. The average Bonchev–Trinajstić information content (AvgIpc) is 3.02. The number of hydrogen-bond donors (Lipinski definition) is 2. The van der Waals surface area contributed by atoms with Gasteiger partial charge in [0.2, 0.25) is 0 Å². The Balaban J connectivity index is 2.24. The van der Waals surface area contributed by atoms with Gasteiger partial charge in [-0.05, 0) is 25.5 Å². The van der Waals surface area contributed by atoms with Crippen LogP contribution < -0.4 is 5.32 Å². The van der Waals surface area contributed by atoms with Crippen LogP contribution >= 0.6 is 0 Å². The molecule has 0 aliphatic rings. The fraction of sp³-hybridized carbons (Fsp3) is 0.583. The fourth-order valence-electron chi connectivity index (χ4n) is 1.99. The van der Waals surface area contributed by atoms with Crippen molar-refractivity contribution in [1.29, 1.82) is 0 Å². The van der Waals surface area contributed by atoms with Gasteiger partial charge in [-0.1, -0.05) is 13.8 Å². The topological polar surface area (TPSA) is 71.4 Å². The van der Waals surface area contributed by atoms with Crippen molar-refractivity contribution in [2.75, 3.05) is 6.54 Å². The second kappa shape index (κ2) is 6.30. The van der Waals surface area contributed by atoms with E-state index in [0.29, 0.717) is 0 Å². The highest BCUT2D eigenvalue weighted by molar-refractivity contribution is 5.18. The molecule has 1 unspecified atom stereocenters. The highest BCUT2D eigenvalue weighted by Gasteiger charge is 2.19. The molecule has 0 aliphatic heterocycles. The summed E-state index contributed by atoms with van der Waals surface area (Å²) in [6, 6.07) is 2.09. The van der Waals surface area contributed by atoms with Crippen molar-refractivity contribution in [3.63, 3.8) is 0 Å². The van der Waals surface area contributed by atoms with Crippen molar-refractivity contribution in [3.05, 3.63) is 29.8 Å². The van der Waals surface area contributed by atoms with Crippen LogP contribution in [-0.4, -0.2) is 31.7 Å². The molecule has 0 spiro atoms. The Morgan fingerprint density at radius 3 is 2.94 bits per heavy atom. The van der Waals surface area contributed by atoms with E-state index in [1.165, 1.54) is 0 Å². The van der Waals surface area contributed by atoms with Crippen molar-refractivity contribution < 1.29 is 0 Å². The summed E-state index contributed by atoms with van der Waals surface area (Å²) in [7, 11) is 0. The Kier molecular flexibility index (Phi) is 4.46. The third-order valence-corrected chi connectivity index (χ3v) is 2.81. The van der Waals surface area contributed by atoms with Gasteiger partial charge in [0.15, 0.2) is 0 Å². The first-order valence-electron chi connectivity index (χ1n) is 6.47. The molecule has 2 aromatic heterocycles. The van der Waals surface area contributed by atoms with Crippen LogP contribution in [0.4, 0.5) is 0 Å². The average molecular weight is 248 g/mol. The lowest BCUT2D eigenvalue weighted by atomic mass is 10.1. The molecule has 6 nitrogen and oxygen atoms in total. The van der Waals surface area contributed by atoms with Gasteiger partial charge >= 0.3 is 0 Å². The Morgan fingerprint density at radius 2 is 2.28 bits per heavy atom. The van der Waals surface area contributed by atoms with E-state index in [0.717, 1.165) is 37.3 Å². The van der Waals surface area contributed by atoms with Gasteiger partial charge in [-0.2, -0.15) is 20.5 Å². The van der Waals surface area contributed by atoms with Crippen molar-refractivity contribution in [3.8, 4) is 0 Å². The van der Waals surface area contributed by atoms with Gasteiger partial charge in [-0.3, -0.25) is 4.68 Å². The minimum atomic E-state index is 0.0535. The van der Waals surface area contributed by atoms with Crippen molar-refractivity contribution >= 4 is 0 Å². The molecule has 2 rings (SSSR count). The summed E-state index contributed by atoms with van der Waals surface area (Å²) in [5.41, 5.74) is 2.04. The largest absolute Gasteiger partial charge is 0.304 e. The maximum atomic E-state index is 4.36. The highest BCUT2D eigenvalue weighted by Crippen LogP contribution is 2.19. The standard InChI is InChI=1S/C12H20N6/c1-3-6-13-12(10-9-14-17-16-10)11-5-7-15-18(11)8-4-2/h5,7,9,12-13H,3-4,6,8H2,1-2H3,(H,14,16,17). The van der Waals surface area contributed by atoms with Crippen molar-refractivity contribution in [2.45, 2.75) is 39.3 Å². The van der Waals surface area contributed by atoms with E-state index in [1.807, 2.05) is 16.9 Å². The first-order valence-corrected chi connectivity index (χ1v) is 6.47. The van der Waals surface area contributed by atoms with Crippen LogP contribution in [0.3, 0.4) is 0 Å². The van der Waals surface area contributed by atoms with E-state index in [4.69, 9.17) is 0 Å². The molecule has 0 saturated carbocycles. The second-order valence-corrected chi connectivity index (χ2v) is 4.26. The minimum Gasteiger partial charge on any atom is -0.304 e. The second-order valence-electron chi connectivity index (χ2n) is 4.26. The number of hydrogen-bond acceptors (Lipinski definition) is 4. The summed E-state index contributed by atoms with van der Waals surface area (Å²) in [5, 5.41) is 18.6. The monoisotopic (exact) mass is 248 g/mol. The summed E-state index contributed by atoms with van der Waals surface area (Å²) in [5.74, 6) is 0. The summed E-state index contributed by atoms with van der Waals surface area (Å²) in [4.78, 5) is 0. The van der Waals surface area contributed by atoms with E-state index in [-0.39, 0.29) is 6.04 Å². The van der Waals surface area contributed by atoms with E-state index in [2.05, 4.69) is 39.7 Å². The Bertz CT molecular complexity index is 447. The maximum Gasteiger partial charge on any atom is 0.105 e. The fourth-order valence-corrected chi connectivity index (χ4v) is 1.99. The number of aryl methyl sites for hydroxylation is 1. The lowest BCUT2D eigenvalue weighted by Crippen LogP contribution is -2.26. The molecule has 2 N–H and O–H groups in total. The summed E-state index contributed by atoms with van der Waals surface area (Å²) >= 11 is 0. The number of nitrogens with zero attached hydrogens (tertiary/aromatic N) is 4. The van der Waals surface area contributed by atoms with Crippen LogP contribution in [0, 0.1) is 0 Å². The predicted molar refractivity (Wildman–Crippen MR) is 69.0 cm³/mol. The summed E-state index contributed by atoms with van der Waals surface area (Å²) < 4.78 is 2.03. The lowest BCUT2D eigenvalue weighted by Gasteiger charge is -2.17. The van der Waals surface area contributed by atoms with Crippen molar-refractivity contribution in [2.24, 2.45) is 0 Å². The summed E-state index contributed by atoms with van der Waals surface area (Å²) in [6.45, 7) is 6.16. The first-order chi connectivity index (χ1) is 8.86. The molecule has 0 radical (unpaired) electrons. The molecule has 0 aliphatic carbocycles. The zero-order chi connectivity index (χ0) is 12.8. The molecule has 0 saturated heterocycles. The predicted octanol–water partition coefficient (Wildman–Crippen LogP) is 1.50. The highest BCUT2D eigenvalue weighted by atomic mass is 15.3. The number of aromatic nitrogens is 5. The lowest BCUT2D eigenvalue weighted by molar-refractivity contribution is 0.505. The smallest absolute Gasteiger partial charge is 0.105 e. The van der Waals surface area contributed by atoms with Crippen LogP contribution in [0.15, 0.2) is 18.5 Å². The van der Waals surface area contributed by atoms with Gasteiger partial charge in [-0.15, -0.1) is 0 Å². The molecule has 0 aromatic carbocycles. The van der Waals surface area contributed by atoms with Crippen LogP contribution in [0.25, 0.3) is 0 Å². The maximum absolute atomic E-state index is 4.36. The number of H-pyrrole nitrogens is 1. The summed E-state index contributed by atoms with van der Waals surface area (Å²) in [6.07, 6.45) is 5.74. The first kappa shape index (κ1) is 12.8. The van der Waals surface area contributed by atoms with Gasteiger partial charge in [0.1, 0.15) is 5.69 Å². The molecule has 1 atom stereocenters. The van der Waals surface area contributed by atoms with Gasteiger partial charge in [0.05, 0.1) is 17.9 Å². The van der Waals surface area contributed by atoms with Crippen molar-refractivity contribution in [1.82, 2.24) is 30.5 Å². The molecular formula is C12H20N6. The minimum absolute atomic E-state index is 0.0535. The van der Waals surface area contributed by atoms with E-state index >= 15 is 0 Å². The molecular weight excluding hydrogens is 228 g/mol. The van der Waals surface area contributed by atoms with E-state index in [9.17, 15) is 0 Å². The van der Waals surface area contributed by atoms with Gasteiger partial charge < -0.3 is 5.32 Å². The van der Waals surface area contributed by atoms with Crippen LogP contribution in [0.1, 0.15) is 44.1 Å². The van der Waals surface area contributed by atoms with Gasteiger partial charge in [-0.25, -0.2) is 0 Å². The van der Waals surface area contributed by atoms with Crippen LogP contribution in [-0.2, 0) is 6.54 Å². The molecule has 2 aromatic rings. The zero-order valence-corrected chi connectivity index (χ0v) is 10.9.